The summed E-state index contributed by atoms with van der Waals surface area (Å²) >= 11 is 3.41. The Bertz CT molecular complexity index is 399. The predicted molar refractivity (Wildman–Crippen MR) is 74.2 cm³/mol. The van der Waals surface area contributed by atoms with Crippen molar-refractivity contribution in [2.45, 2.75) is 25.8 Å². The Morgan fingerprint density at radius 1 is 1.33 bits per heavy atom. The largest absolute Gasteiger partial charge is 0.381 e. The summed E-state index contributed by atoms with van der Waals surface area (Å²) in [6.45, 7) is 3.41. The van der Waals surface area contributed by atoms with E-state index in [4.69, 9.17) is 4.74 Å². The fourth-order valence-corrected chi connectivity index (χ4v) is 2.39. The standard InChI is InChI=1S/C14H18BrNO2/c1-10(11-2-4-13(15)5-3-11)16-14(17)12-6-8-18-9-7-12/h2-5,10,12H,6-9H2,1H3,(H,16,17). The van der Waals surface area contributed by atoms with Gasteiger partial charge < -0.3 is 10.1 Å². The van der Waals surface area contributed by atoms with Crippen LogP contribution in [0, 0.1) is 5.92 Å². The number of amides is 1. The zero-order valence-corrected chi connectivity index (χ0v) is 12.1. The Labute approximate surface area is 116 Å². The van der Waals surface area contributed by atoms with E-state index in [2.05, 4.69) is 21.2 Å². The average molecular weight is 312 g/mol. The van der Waals surface area contributed by atoms with Crippen molar-refractivity contribution >= 4 is 21.8 Å². The SMILES string of the molecule is CC(NC(=O)C1CCOCC1)c1ccc(Br)cc1. The number of rotatable bonds is 3. The second kappa shape index (κ2) is 6.34. The summed E-state index contributed by atoms with van der Waals surface area (Å²) in [5.74, 6) is 0.255. The van der Waals surface area contributed by atoms with Crippen LogP contribution < -0.4 is 5.32 Å². The Morgan fingerprint density at radius 2 is 1.94 bits per heavy atom. The van der Waals surface area contributed by atoms with Gasteiger partial charge in [0.25, 0.3) is 0 Å². The highest BCUT2D eigenvalue weighted by Crippen LogP contribution is 2.19. The van der Waals surface area contributed by atoms with Crippen molar-refractivity contribution < 1.29 is 9.53 Å². The van der Waals surface area contributed by atoms with Gasteiger partial charge in [0.05, 0.1) is 6.04 Å². The summed E-state index contributed by atoms with van der Waals surface area (Å²) in [7, 11) is 0. The van der Waals surface area contributed by atoms with Crippen molar-refractivity contribution in [1.82, 2.24) is 5.32 Å². The lowest BCUT2D eigenvalue weighted by molar-refractivity contribution is -0.128. The normalized spacial score (nSPS) is 18.3. The third kappa shape index (κ3) is 3.56. The molecule has 2 rings (SSSR count). The smallest absolute Gasteiger partial charge is 0.223 e. The van der Waals surface area contributed by atoms with Crippen LogP contribution in [0.4, 0.5) is 0 Å². The zero-order valence-electron chi connectivity index (χ0n) is 10.5. The van der Waals surface area contributed by atoms with E-state index < -0.39 is 0 Å². The third-order valence-electron chi connectivity index (χ3n) is 3.32. The van der Waals surface area contributed by atoms with E-state index in [1.165, 1.54) is 0 Å². The van der Waals surface area contributed by atoms with Crippen LogP contribution in [0.5, 0.6) is 0 Å². The van der Waals surface area contributed by atoms with E-state index in [9.17, 15) is 4.79 Å². The molecule has 0 aliphatic carbocycles. The number of halogens is 1. The molecule has 0 aromatic heterocycles. The quantitative estimate of drug-likeness (QED) is 0.931. The minimum absolute atomic E-state index is 0.0495. The van der Waals surface area contributed by atoms with Crippen LogP contribution >= 0.6 is 15.9 Å². The van der Waals surface area contributed by atoms with Crippen molar-refractivity contribution in [3.8, 4) is 0 Å². The molecule has 1 aromatic rings. The molecule has 0 saturated carbocycles. The molecule has 0 spiro atoms. The van der Waals surface area contributed by atoms with Gasteiger partial charge in [-0.1, -0.05) is 28.1 Å². The molecular weight excluding hydrogens is 294 g/mol. The summed E-state index contributed by atoms with van der Waals surface area (Å²) in [6, 6.07) is 8.09. The summed E-state index contributed by atoms with van der Waals surface area (Å²) in [6.07, 6.45) is 1.66. The number of hydrogen-bond acceptors (Lipinski definition) is 2. The number of hydrogen-bond donors (Lipinski definition) is 1. The molecule has 18 heavy (non-hydrogen) atoms. The van der Waals surface area contributed by atoms with Gasteiger partial charge in [-0.2, -0.15) is 0 Å². The molecule has 1 N–H and O–H groups in total. The molecule has 1 amide bonds. The van der Waals surface area contributed by atoms with Gasteiger partial charge >= 0.3 is 0 Å². The maximum atomic E-state index is 12.1. The lowest BCUT2D eigenvalue weighted by Gasteiger charge is -2.23. The molecule has 1 aliphatic heterocycles. The maximum absolute atomic E-state index is 12.1. The van der Waals surface area contributed by atoms with E-state index in [0.717, 1.165) is 22.9 Å². The first kappa shape index (κ1) is 13.6. The minimum atomic E-state index is 0.0495. The molecule has 3 nitrogen and oxygen atoms in total. The second-order valence-corrected chi connectivity index (χ2v) is 5.58. The highest BCUT2D eigenvalue weighted by Gasteiger charge is 2.22. The van der Waals surface area contributed by atoms with Crippen LogP contribution in [0.3, 0.4) is 0 Å². The van der Waals surface area contributed by atoms with E-state index in [1.807, 2.05) is 31.2 Å². The third-order valence-corrected chi connectivity index (χ3v) is 3.85. The van der Waals surface area contributed by atoms with E-state index >= 15 is 0 Å². The number of carbonyl (C=O) groups is 1. The Kier molecular flexibility index (Phi) is 4.78. The topological polar surface area (TPSA) is 38.3 Å². The molecular formula is C14H18BrNO2. The second-order valence-electron chi connectivity index (χ2n) is 4.67. The molecule has 1 aliphatic rings. The molecule has 0 bridgehead atoms. The van der Waals surface area contributed by atoms with Crippen molar-refractivity contribution in [3.05, 3.63) is 34.3 Å². The van der Waals surface area contributed by atoms with Gasteiger partial charge in [-0.3, -0.25) is 4.79 Å². The number of ether oxygens (including phenoxy) is 1. The van der Waals surface area contributed by atoms with E-state index in [-0.39, 0.29) is 17.9 Å². The summed E-state index contributed by atoms with van der Waals surface area (Å²) in [5, 5.41) is 3.08. The zero-order chi connectivity index (χ0) is 13.0. The fraction of sp³-hybridized carbons (Fsp3) is 0.500. The Hall–Kier alpha value is -0.870. The molecule has 1 heterocycles. The lowest BCUT2D eigenvalue weighted by Crippen LogP contribution is -2.35. The van der Waals surface area contributed by atoms with Crippen molar-refractivity contribution in [2.75, 3.05) is 13.2 Å². The van der Waals surface area contributed by atoms with E-state index in [0.29, 0.717) is 13.2 Å². The lowest BCUT2D eigenvalue weighted by atomic mass is 9.98. The molecule has 1 aromatic carbocycles. The van der Waals surface area contributed by atoms with Crippen LogP contribution in [0.2, 0.25) is 0 Å². The molecule has 1 saturated heterocycles. The van der Waals surface area contributed by atoms with Gasteiger partial charge in [0.15, 0.2) is 0 Å². The Morgan fingerprint density at radius 3 is 2.56 bits per heavy atom. The molecule has 98 valence electrons. The van der Waals surface area contributed by atoms with Gasteiger partial charge in [-0.25, -0.2) is 0 Å². The number of nitrogens with one attached hydrogen (secondary N) is 1. The van der Waals surface area contributed by atoms with Gasteiger partial charge in [0.1, 0.15) is 0 Å². The van der Waals surface area contributed by atoms with Gasteiger partial charge in [0.2, 0.25) is 5.91 Å². The number of carbonyl (C=O) groups excluding carboxylic acids is 1. The van der Waals surface area contributed by atoms with Crippen molar-refractivity contribution in [1.29, 1.82) is 0 Å². The fourth-order valence-electron chi connectivity index (χ4n) is 2.13. The van der Waals surface area contributed by atoms with Crippen molar-refractivity contribution in [2.24, 2.45) is 5.92 Å². The van der Waals surface area contributed by atoms with Crippen LogP contribution in [0.15, 0.2) is 28.7 Å². The van der Waals surface area contributed by atoms with Crippen LogP contribution in [0.25, 0.3) is 0 Å². The molecule has 4 heteroatoms. The first-order valence-electron chi connectivity index (χ1n) is 6.30. The first-order valence-corrected chi connectivity index (χ1v) is 7.09. The average Bonchev–Trinajstić information content (AvgIpc) is 2.40. The van der Waals surface area contributed by atoms with Crippen LogP contribution in [-0.4, -0.2) is 19.1 Å². The first-order chi connectivity index (χ1) is 8.66. The molecule has 1 unspecified atom stereocenters. The summed E-state index contributed by atoms with van der Waals surface area (Å²) < 4.78 is 6.32. The monoisotopic (exact) mass is 311 g/mol. The maximum Gasteiger partial charge on any atom is 0.223 e. The molecule has 0 radical (unpaired) electrons. The summed E-state index contributed by atoms with van der Waals surface area (Å²) in [5.41, 5.74) is 1.12. The van der Waals surface area contributed by atoms with Crippen molar-refractivity contribution in [3.63, 3.8) is 0 Å². The predicted octanol–water partition coefficient (Wildman–Crippen LogP) is 3.05. The van der Waals surface area contributed by atoms with Gasteiger partial charge in [-0.15, -0.1) is 0 Å². The molecule has 1 fully saturated rings. The van der Waals surface area contributed by atoms with Gasteiger partial charge in [0, 0.05) is 23.6 Å². The van der Waals surface area contributed by atoms with Gasteiger partial charge in [-0.05, 0) is 37.5 Å². The summed E-state index contributed by atoms with van der Waals surface area (Å²) in [4.78, 5) is 12.1. The minimum Gasteiger partial charge on any atom is -0.381 e. The Balaban J connectivity index is 1.91. The van der Waals surface area contributed by atoms with Crippen LogP contribution in [-0.2, 0) is 9.53 Å². The highest BCUT2D eigenvalue weighted by molar-refractivity contribution is 9.10. The van der Waals surface area contributed by atoms with E-state index in [1.54, 1.807) is 0 Å². The molecule has 1 atom stereocenters. The number of benzene rings is 1. The van der Waals surface area contributed by atoms with Crippen LogP contribution in [0.1, 0.15) is 31.4 Å². The highest BCUT2D eigenvalue weighted by atomic mass is 79.9.